The van der Waals surface area contributed by atoms with E-state index in [0.29, 0.717) is 11.4 Å². The fraction of sp³-hybridized carbons (Fsp3) is 0.0526. The van der Waals surface area contributed by atoms with Crippen molar-refractivity contribution in [3.05, 3.63) is 66.6 Å². The summed E-state index contributed by atoms with van der Waals surface area (Å²) in [7, 11) is 1.59. The van der Waals surface area contributed by atoms with Crippen molar-refractivity contribution in [3.63, 3.8) is 0 Å². The van der Waals surface area contributed by atoms with Gasteiger partial charge in [-0.1, -0.05) is 6.07 Å². The first kappa shape index (κ1) is 15.8. The van der Waals surface area contributed by atoms with Gasteiger partial charge in [-0.25, -0.2) is 0 Å². The number of nitrogens with zero attached hydrogens (tertiary/aromatic N) is 3. The Hall–Kier alpha value is -3.74. The van der Waals surface area contributed by atoms with E-state index in [1.165, 1.54) is 0 Å². The molecule has 0 saturated carbocycles. The Morgan fingerprint density at radius 2 is 1.77 bits per heavy atom. The van der Waals surface area contributed by atoms with Crippen LogP contribution >= 0.6 is 0 Å². The Morgan fingerprint density at radius 3 is 2.54 bits per heavy atom. The third-order valence-electron chi connectivity index (χ3n) is 3.94. The molecule has 0 bridgehead atoms. The Balaban J connectivity index is 1.55. The van der Waals surface area contributed by atoms with Crippen molar-refractivity contribution >= 4 is 22.6 Å². The summed E-state index contributed by atoms with van der Waals surface area (Å²) in [6, 6.07) is 14.5. The average Bonchev–Trinajstić information content (AvgIpc) is 3.18. The second kappa shape index (κ2) is 6.64. The first-order chi connectivity index (χ1) is 12.7. The summed E-state index contributed by atoms with van der Waals surface area (Å²) in [6.45, 7) is 0. The highest BCUT2D eigenvalue weighted by Gasteiger charge is 2.12. The van der Waals surface area contributed by atoms with E-state index in [-0.39, 0.29) is 5.91 Å². The maximum atomic E-state index is 12.4. The summed E-state index contributed by atoms with van der Waals surface area (Å²) in [5.41, 5.74) is 4.18. The molecule has 2 aromatic carbocycles. The highest BCUT2D eigenvalue weighted by molar-refractivity contribution is 6.03. The zero-order valence-corrected chi connectivity index (χ0v) is 13.9. The molecule has 0 saturated heterocycles. The molecule has 26 heavy (non-hydrogen) atoms. The molecule has 0 atom stereocenters. The van der Waals surface area contributed by atoms with Gasteiger partial charge in [-0.05, 0) is 42.5 Å². The molecule has 2 aromatic heterocycles. The number of rotatable bonds is 4. The van der Waals surface area contributed by atoms with E-state index in [9.17, 15) is 4.79 Å². The van der Waals surface area contributed by atoms with Crippen LogP contribution in [0.15, 0.2) is 60.9 Å². The van der Waals surface area contributed by atoms with Gasteiger partial charge in [0.2, 0.25) is 0 Å². The van der Waals surface area contributed by atoms with Crippen LogP contribution in [0.2, 0.25) is 0 Å². The predicted octanol–water partition coefficient (Wildman–Crippen LogP) is 3.28. The van der Waals surface area contributed by atoms with Crippen LogP contribution in [0.4, 0.5) is 5.69 Å². The Morgan fingerprint density at radius 1 is 1.00 bits per heavy atom. The van der Waals surface area contributed by atoms with Crippen LogP contribution in [0.25, 0.3) is 22.3 Å². The van der Waals surface area contributed by atoms with Gasteiger partial charge in [0.1, 0.15) is 5.75 Å². The number of carbonyl (C=O) groups excluding carboxylic acids is 1. The zero-order valence-electron chi connectivity index (χ0n) is 13.9. The molecule has 4 aromatic rings. The van der Waals surface area contributed by atoms with Crippen LogP contribution in [0.5, 0.6) is 5.75 Å². The van der Waals surface area contributed by atoms with Crippen molar-refractivity contribution in [2.45, 2.75) is 0 Å². The third kappa shape index (κ3) is 3.10. The monoisotopic (exact) mass is 345 g/mol. The van der Waals surface area contributed by atoms with Gasteiger partial charge in [0.15, 0.2) is 5.69 Å². The maximum absolute atomic E-state index is 12.4. The lowest BCUT2D eigenvalue weighted by atomic mass is 10.1. The minimum absolute atomic E-state index is 0.293. The van der Waals surface area contributed by atoms with Crippen LogP contribution in [-0.4, -0.2) is 33.2 Å². The molecule has 0 radical (unpaired) electrons. The SMILES string of the molecule is COc1ccc(NC(=O)c2cc(-c3ccc4nccnc4c3)[nH]n2)cc1. The van der Waals surface area contributed by atoms with E-state index in [1.807, 2.05) is 18.2 Å². The molecule has 0 fully saturated rings. The number of hydrogen-bond donors (Lipinski definition) is 2. The quantitative estimate of drug-likeness (QED) is 0.592. The molecule has 0 aliphatic heterocycles. The van der Waals surface area contributed by atoms with Gasteiger partial charge in [-0.3, -0.25) is 19.9 Å². The number of fused-ring (bicyclic) bond motifs is 1. The Labute approximate surface area is 149 Å². The Bertz CT molecular complexity index is 1070. The topological polar surface area (TPSA) is 92.8 Å². The lowest BCUT2D eigenvalue weighted by molar-refractivity contribution is 0.102. The molecule has 2 N–H and O–H groups in total. The number of nitrogens with one attached hydrogen (secondary N) is 2. The summed E-state index contributed by atoms with van der Waals surface area (Å²) < 4.78 is 5.10. The third-order valence-corrected chi connectivity index (χ3v) is 3.94. The Kier molecular flexibility index (Phi) is 4.03. The minimum Gasteiger partial charge on any atom is -0.497 e. The van der Waals surface area contributed by atoms with Crippen molar-refractivity contribution in [2.24, 2.45) is 0 Å². The van der Waals surface area contributed by atoms with Gasteiger partial charge in [0, 0.05) is 23.6 Å². The summed E-state index contributed by atoms with van der Waals surface area (Å²) in [5.74, 6) is 0.433. The number of benzene rings is 2. The van der Waals surface area contributed by atoms with Crippen LogP contribution in [0.1, 0.15) is 10.5 Å². The largest absolute Gasteiger partial charge is 0.497 e. The number of hydrogen-bond acceptors (Lipinski definition) is 5. The molecule has 7 nitrogen and oxygen atoms in total. The molecule has 2 heterocycles. The first-order valence-corrected chi connectivity index (χ1v) is 7.95. The normalized spacial score (nSPS) is 10.7. The van der Waals surface area contributed by atoms with Crippen molar-refractivity contribution < 1.29 is 9.53 Å². The van der Waals surface area contributed by atoms with E-state index < -0.39 is 0 Å². The van der Waals surface area contributed by atoms with Crippen molar-refractivity contribution in [3.8, 4) is 17.0 Å². The van der Waals surface area contributed by atoms with Crippen LogP contribution in [0.3, 0.4) is 0 Å². The van der Waals surface area contributed by atoms with E-state index in [1.54, 1.807) is 49.8 Å². The number of ether oxygens (including phenoxy) is 1. The number of methoxy groups -OCH3 is 1. The van der Waals surface area contributed by atoms with Gasteiger partial charge in [-0.2, -0.15) is 5.10 Å². The van der Waals surface area contributed by atoms with Gasteiger partial charge in [0.25, 0.3) is 5.91 Å². The standard InChI is InChI=1S/C19H15N5O2/c1-26-14-5-3-13(4-6-14)22-19(25)18-11-16(23-24-18)12-2-7-15-17(10-12)21-9-8-20-15/h2-11H,1H3,(H,22,25)(H,23,24). The van der Waals surface area contributed by atoms with Crippen LogP contribution in [0, 0.1) is 0 Å². The molecule has 0 aliphatic rings. The fourth-order valence-corrected chi connectivity index (χ4v) is 2.59. The first-order valence-electron chi connectivity index (χ1n) is 7.95. The van der Waals surface area contributed by atoms with Crippen LogP contribution in [-0.2, 0) is 0 Å². The van der Waals surface area contributed by atoms with Gasteiger partial charge in [-0.15, -0.1) is 0 Å². The van der Waals surface area contributed by atoms with Crippen LogP contribution < -0.4 is 10.1 Å². The average molecular weight is 345 g/mol. The number of anilines is 1. The number of H-pyrrole nitrogens is 1. The van der Waals surface area contributed by atoms with Crippen molar-refractivity contribution in [2.75, 3.05) is 12.4 Å². The van der Waals surface area contributed by atoms with E-state index >= 15 is 0 Å². The highest BCUT2D eigenvalue weighted by atomic mass is 16.5. The molecule has 0 spiro atoms. The smallest absolute Gasteiger partial charge is 0.276 e. The lowest BCUT2D eigenvalue weighted by Gasteiger charge is -2.04. The number of carbonyl (C=O) groups is 1. The van der Waals surface area contributed by atoms with Crippen molar-refractivity contribution in [1.82, 2.24) is 20.2 Å². The summed E-state index contributed by atoms with van der Waals surface area (Å²) in [4.78, 5) is 20.9. The van der Waals surface area contributed by atoms with Crippen molar-refractivity contribution in [1.29, 1.82) is 0 Å². The number of amides is 1. The van der Waals surface area contributed by atoms with Gasteiger partial charge >= 0.3 is 0 Å². The second-order valence-electron chi connectivity index (χ2n) is 5.61. The molecule has 128 valence electrons. The van der Waals surface area contributed by atoms with Gasteiger partial charge in [0.05, 0.1) is 23.8 Å². The van der Waals surface area contributed by atoms with E-state index in [2.05, 4.69) is 25.5 Å². The number of aromatic nitrogens is 4. The minimum atomic E-state index is -0.293. The van der Waals surface area contributed by atoms with E-state index in [0.717, 1.165) is 28.0 Å². The van der Waals surface area contributed by atoms with E-state index in [4.69, 9.17) is 4.74 Å². The fourth-order valence-electron chi connectivity index (χ4n) is 2.59. The molecule has 0 unspecified atom stereocenters. The molecule has 4 rings (SSSR count). The second-order valence-corrected chi connectivity index (χ2v) is 5.61. The number of aromatic amines is 1. The summed E-state index contributed by atoms with van der Waals surface area (Å²) in [5, 5.41) is 9.80. The molecular weight excluding hydrogens is 330 g/mol. The lowest BCUT2D eigenvalue weighted by Crippen LogP contribution is -2.12. The summed E-state index contributed by atoms with van der Waals surface area (Å²) in [6.07, 6.45) is 3.30. The summed E-state index contributed by atoms with van der Waals surface area (Å²) >= 11 is 0. The maximum Gasteiger partial charge on any atom is 0.276 e. The molecule has 7 heteroatoms. The molecule has 1 amide bonds. The van der Waals surface area contributed by atoms with Gasteiger partial charge < -0.3 is 10.1 Å². The molecular formula is C19H15N5O2. The molecule has 0 aliphatic carbocycles. The zero-order chi connectivity index (χ0) is 17.9. The highest BCUT2D eigenvalue weighted by Crippen LogP contribution is 2.22. The predicted molar refractivity (Wildman–Crippen MR) is 98.1 cm³/mol.